The topological polar surface area (TPSA) is 17.8 Å². The SMILES string of the molecule is Cc1ccc(-c2cc(-c3ccc(C)cc3)n(Cc3ccc(Cl)cc3)n2)cc1. The summed E-state index contributed by atoms with van der Waals surface area (Å²) in [5.74, 6) is 0. The molecule has 27 heavy (non-hydrogen) atoms. The van der Waals surface area contributed by atoms with Crippen molar-refractivity contribution in [2.24, 2.45) is 0 Å². The molecule has 0 amide bonds. The zero-order valence-corrected chi connectivity index (χ0v) is 16.2. The van der Waals surface area contributed by atoms with Crippen LogP contribution in [0.5, 0.6) is 0 Å². The molecule has 3 heteroatoms. The Balaban J connectivity index is 1.77. The fraction of sp³-hybridized carbons (Fsp3) is 0.125. The highest BCUT2D eigenvalue weighted by Crippen LogP contribution is 2.27. The van der Waals surface area contributed by atoms with Crippen LogP contribution in [-0.4, -0.2) is 9.78 Å². The van der Waals surface area contributed by atoms with E-state index >= 15 is 0 Å². The predicted molar refractivity (Wildman–Crippen MR) is 113 cm³/mol. The molecule has 0 aliphatic heterocycles. The predicted octanol–water partition coefficient (Wildman–Crippen LogP) is 6.54. The van der Waals surface area contributed by atoms with Gasteiger partial charge in [0.25, 0.3) is 0 Å². The van der Waals surface area contributed by atoms with E-state index in [0.29, 0.717) is 6.54 Å². The summed E-state index contributed by atoms with van der Waals surface area (Å²) in [5.41, 5.74) is 8.06. The molecule has 2 nitrogen and oxygen atoms in total. The van der Waals surface area contributed by atoms with Gasteiger partial charge >= 0.3 is 0 Å². The molecular formula is C24H21ClN2. The highest BCUT2D eigenvalue weighted by atomic mass is 35.5. The average molecular weight is 373 g/mol. The molecule has 0 aliphatic carbocycles. The van der Waals surface area contributed by atoms with E-state index in [2.05, 4.69) is 85.3 Å². The number of nitrogens with zero attached hydrogens (tertiary/aromatic N) is 2. The molecule has 4 rings (SSSR count). The largest absolute Gasteiger partial charge is 0.260 e. The van der Waals surface area contributed by atoms with Crippen LogP contribution in [0.15, 0.2) is 78.9 Å². The van der Waals surface area contributed by atoms with Crippen molar-refractivity contribution < 1.29 is 0 Å². The maximum absolute atomic E-state index is 6.03. The van der Waals surface area contributed by atoms with Crippen molar-refractivity contribution in [3.63, 3.8) is 0 Å². The Morgan fingerprint density at radius 3 is 1.89 bits per heavy atom. The number of halogens is 1. The molecule has 0 bridgehead atoms. The molecule has 0 spiro atoms. The third-order valence-corrected chi connectivity index (χ3v) is 4.97. The van der Waals surface area contributed by atoms with E-state index in [4.69, 9.17) is 16.7 Å². The van der Waals surface area contributed by atoms with Crippen LogP contribution in [0.3, 0.4) is 0 Å². The summed E-state index contributed by atoms with van der Waals surface area (Å²) in [5, 5.41) is 5.66. The van der Waals surface area contributed by atoms with Gasteiger partial charge in [0.1, 0.15) is 0 Å². The van der Waals surface area contributed by atoms with Crippen molar-refractivity contribution >= 4 is 11.6 Å². The zero-order chi connectivity index (χ0) is 18.8. The first-order valence-electron chi connectivity index (χ1n) is 9.05. The van der Waals surface area contributed by atoms with E-state index < -0.39 is 0 Å². The Kier molecular flexibility index (Phi) is 4.83. The van der Waals surface area contributed by atoms with Crippen LogP contribution >= 0.6 is 11.6 Å². The summed E-state index contributed by atoms with van der Waals surface area (Å²) in [6.07, 6.45) is 0. The maximum atomic E-state index is 6.03. The molecule has 1 heterocycles. The molecule has 0 atom stereocenters. The standard InChI is InChI=1S/C24H21ClN2/c1-17-3-9-20(10-4-17)23-15-24(21-11-5-18(2)6-12-21)27(26-23)16-19-7-13-22(25)14-8-19/h3-15H,16H2,1-2H3. The highest BCUT2D eigenvalue weighted by Gasteiger charge is 2.12. The van der Waals surface area contributed by atoms with Crippen LogP contribution in [0.1, 0.15) is 16.7 Å². The molecule has 0 unspecified atom stereocenters. The normalized spacial score (nSPS) is 10.9. The highest BCUT2D eigenvalue weighted by molar-refractivity contribution is 6.30. The Labute approximate surface area is 165 Å². The molecule has 0 fully saturated rings. The summed E-state index contributed by atoms with van der Waals surface area (Å²) in [6.45, 7) is 4.90. The minimum Gasteiger partial charge on any atom is -0.260 e. The third kappa shape index (κ3) is 3.96. The van der Waals surface area contributed by atoms with Crippen molar-refractivity contribution in [2.45, 2.75) is 20.4 Å². The molecular weight excluding hydrogens is 352 g/mol. The fourth-order valence-electron chi connectivity index (χ4n) is 3.12. The Morgan fingerprint density at radius 1 is 0.741 bits per heavy atom. The van der Waals surface area contributed by atoms with Gasteiger partial charge in [-0.25, -0.2) is 0 Å². The van der Waals surface area contributed by atoms with E-state index in [-0.39, 0.29) is 0 Å². The van der Waals surface area contributed by atoms with Crippen LogP contribution in [0, 0.1) is 13.8 Å². The lowest BCUT2D eigenvalue weighted by molar-refractivity contribution is 0.697. The molecule has 3 aromatic carbocycles. The van der Waals surface area contributed by atoms with Crippen LogP contribution in [0.25, 0.3) is 22.5 Å². The first-order valence-corrected chi connectivity index (χ1v) is 9.43. The molecule has 0 N–H and O–H groups in total. The second-order valence-electron chi connectivity index (χ2n) is 6.93. The van der Waals surface area contributed by atoms with Crippen LogP contribution < -0.4 is 0 Å². The number of hydrogen-bond acceptors (Lipinski definition) is 1. The second kappa shape index (κ2) is 7.42. The van der Waals surface area contributed by atoms with Crippen molar-refractivity contribution in [3.05, 3.63) is 101 Å². The summed E-state index contributed by atoms with van der Waals surface area (Å²) in [7, 11) is 0. The zero-order valence-electron chi connectivity index (χ0n) is 15.5. The summed E-state index contributed by atoms with van der Waals surface area (Å²) in [6, 6.07) is 27.2. The first-order chi connectivity index (χ1) is 13.1. The fourth-order valence-corrected chi connectivity index (χ4v) is 3.25. The Bertz CT molecular complexity index is 1040. The van der Waals surface area contributed by atoms with Crippen LogP contribution in [-0.2, 0) is 6.54 Å². The van der Waals surface area contributed by atoms with E-state index in [1.807, 2.05) is 12.1 Å². The van der Waals surface area contributed by atoms with Gasteiger partial charge in [-0.2, -0.15) is 5.10 Å². The number of rotatable bonds is 4. The number of aryl methyl sites for hydroxylation is 2. The van der Waals surface area contributed by atoms with Gasteiger partial charge in [0.15, 0.2) is 0 Å². The van der Waals surface area contributed by atoms with Crippen molar-refractivity contribution in [1.82, 2.24) is 9.78 Å². The van der Waals surface area contributed by atoms with Gasteiger partial charge < -0.3 is 0 Å². The van der Waals surface area contributed by atoms with Gasteiger partial charge in [-0.05, 0) is 43.2 Å². The lowest BCUT2D eigenvalue weighted by Gasteiger charge is -2.08. The van der Waals surface area contributed by atoms with E-state index in [1.54, 1.807) is 0 Å². The van der Waals surface area contributed by atoms with Crippen LogP contribution in [0.4, 0.5) is 0 Å². The second-order valence-corrected chi connectivity index (χ2v) is 7.37. The van der Waals surface area contributed by atoms with Gasteiger partial charge in [-0.3, -0.25) is 4.68 Å². The average Bonchev–Trinajstić information content (AvgIpc) is 3.08. The Morgan fingerprint density at radius 2 is 1.30 bits per heavy atom. The van der Waals surface area contributed by atoms with Crippen LogP contribution in [0.2, 0.25) is 5.02 Å². The molecule has 0 saturated heterocycles. The first kappa shape index (κ1) is 17.6. The smallest absolute Gasteiger partial charge is 0.0929 e. The van der Waals surface area contributed by atoms with Gasteiger partial charge in [0.05, 0.1) is 17.9 Å². The molecule has 134 valence electrons. The number of benzene rings is 3. The maximum Gasteiger partial charge on any atom is 0.0929 e. The minimum absolute atomic E-state index is 0.701. The van der Waals surface area contributed by atoms with E-state index in [0.717, 1.165) is 22.0 Å². The summed E-state index contributed by atoms with van der Waals surface area (Å²) < 4.78 is 2.07. The van der Waals surface area contributed by atoms with Crippen molar-refractivity contribution in [1.29, 1.82) is 0 Å². The third-order valence-electron chi connectivity index (χ3n) is 4.72. The molecule has 0 radical (unpaired) electrons. The molecule has 0 saturated carbocycles. The quantitative estimate of drug-likeness (QED) is 0.398. The number of hydrogen-bond donors (Lipinski definition) is 0. The van der Waals surface area contributed by atoms with Gasteiger partial charge in [-0.15, -0.1) is 0 Å². The molecule has 4 aromatic rings. The van der Waals surface area contributed by atoms with E-state index in [1.165, 1.54) is 22.3 Å². The van der Waals surface area contributed by atoms with Crippen molar-refractivity contribution in [2.75, 3.05) is 0 Å². The molecule has 1 aromatic heterocycles. The number of aromatic nitrogens is 2. The van der Waals surface area contributed by atoms with Gasteiger partial charge in [-0.1, -0.05) is 83.4 Å². The van der Waals surface area contributed by atoms with Crippen molar-refractivity contribution in [3.8, 4) is 22.5 Å². The monoisotopic (exact) mass is 372 g/mol. The lowest BCUT2D eigenvalue weighted by atomic mass is 10.1. The van der Waals surface area contributed by atoms with E-state index in [9.17, 15) is 0 Å². The lowest BCUT2D eigenvalue weighted by Crippen LogP contribution is -2.04. The molecule has 0 aliphatic rings. The Hall–Kier alpha value is -2.84. The minimum atomic E-state index is 0.701. The summed E-state index contributed by atoms with van der Waals surface area (Å²) >= 11 is 6.03. The summed E-state index contributed by atoms with van der Waals surface area (Å²) in [4.78, 5) is 0. The van der Waals surface area contributed by atoms with Gasteiger partial charge in [0, 0.05) is 10.6 Å². The van der Waals surface area contributed by atoms with Gasteiger partial charge in [0.2, 0.25) is 0 Å².